The Morgan fingerprint density at radius 1 is 1.40 bits per heavy atom. The Morgan fingerprint density at radius 2 is 2.20 bits per heavy atom. The summed E-state index contributed by atoms with van der Waals surface area (Å²) in [5.41, 5.74) is 0. The molecule has 0 amide bonds. The SMILES string of the molecule is COc1cc(NCCOC(C)C)ncn1. The Labute approximate surface area is 89.8 Å². The van der Waals surface area contributed by atoms with Gasteiger partial charge in [-0.2, -0.15) is 0 Å². The van der Waals surface area contributed by atoms with Gasteiger partial charge in [0.25, 0.3) is 0 Å². The van der Waals surface area contributed by atoms with Crippen molar-refractivity contribution >= 4 is 5.82 Å². The zero-order valence-electron chi connectivity index (χ0n) is 9.36. The molecule has 0 unspecified atom stereocenters. The van der Waals surface area contributed by atoms with E-state index in [0.717, 1.165) is 12.4 Å². The maximum absolute atomic E-state index is 5.38. The third kappa shape index (κ3) is 4.60. The summed E-state index contributed by atoms with van der Waals surface area (Å²) in [6.07, 6.45) is 1.72. The number of ether oxygens (including phenoxy) is 2. The van der Waals surface area contributed by atoms with E-state index in [4.69, 9.17) is 9.47 Å². The number of hydrogen-bond donors (Lipinski definition) is 1. The lowest BCUT2D eigenvalue weighted by Crippen LogP contribution is -2.13. The second kappa shape index (κ2) is 6.19. The number of nitrogens with zero attached hydrogens (tertiary/aromatic N) is 2. The quantitative estimate of drug-likeness (QED) is 0.719. The molecule has 0 saturated heterocycles. The van der Waals surface area contributed by atoms with Gasteiger partial charge in [0.1, 0.15) is 12.1 Å². The molecule has 0 fully saturated rings. The molecule has 1 N–H and O–H groups in total. The lowest BCUT2D eigenvalue weighted by Gasteiger charge is -2.09. The molecule has 5 heteroatoms. The maximum atomic E-state index is 5.38. The number of rotatable bonds is 6. The summed E-state index contributed by atoms with van der Waals surface area (Å²) in [7, 11) is 1.58. The third-order valence-electron chi connectivity index (χ3n) is 1.71. The van der Waals surface area contributed by atoms with Crippen molar-refractivity contribution in [3.05, 3.63) is 12.4 Å². The molecule has 1 aromatic heterocycles. The highest BCUT2D eigenvalue weighted by atomic mass is 16.5. The van der Waals surface area contributed by atoms with Crippen molar-refractivity contribution in [1.29, 1.82) is 0 Å². The number of hydrogen-bond acceptors (Lipinski definition) is 5. The average molecular weight is 211 g/mol. The molecule has 84 valence electrons. The molecule has 0 radical (unpaired) electrons. The second-order valence-electron chi connectivity index (χ2n) is 3.29. The van der Waals surface area contributed by atoms with Gasteiger partial charge < -0.3 is 14.8 Å². The van der Waals surface area contributed by atoms with Gasteiger partial charge in [-0.3, -0.25) is 0 Å². The number of nitrogens with one attached hydrogen (secondary N) is 1. The van der Waals surface area contributed by atoms with E-state index in [-0.39, 0.29) is 6.10 Å². The highest BCUT2D eigenvalue weighted by Crippen LogP contribution is 2.09. The molecule has 0 saturated carbocycles. The van der Waals surface area contributed by atoms with Crippen molar-refractivity contribution in [3.63, 3.8) is 0 Å². The fourth-order valence-corrected chi connectivity index (χ4v) is 1.02. The minimum Gasteiger partial charge on any atom is -0.481 e. The highest BCUT2D eigenvalue weighted by Gasteiger charge is 1.97. The van der Waals surface area contributed by atoms with Crippen LogP contribution in [0.2, 0.25) is 0 Å². The number of aromatic nitrogens is 2. The summed E-state index contributed by atoms with van der Waals surface area (Å²) in [4.78, 5) is 7.96. The van der Waals surface area contributed by atoms with Crippen molar-refractivity contribution in [3.8, 4) is 5.88 Å². The van der Waals surface area contributed by atoms with Crippen LogP contribution in [0.25, 0.3) is 0 Å². The maximum Gasteiger partial charge on any atom is 0.218 e. The van der Waals surface area contributed by atoms with Crippen LogP contribution in [0.15, 0.2) is 12.4 Å². The number of anilines is 1. The lowest BCUT2D eigenvalue weighted by atomic mass is 10.5. The van der Waals surface area contributed by atoms with Gasteiger partial charge >= 0.3 is 0 Å². The molecule has 0 aliphatic heterocycles. The summed E-state index contributed by atoms with van der Waals surface area (Å²) in [5, 5.41) is 3.12. The summed E-state index contributed by atoms with van der Waals surface area (Å²) < 4.78 is 10.4. The zero-order valence-corrected chi connectivity index (χ0v) is 9.36. The fourth-order valence-electron chi connectivity index (χ4n) is 1.02. The van der Waals surface area contributed by atoms with E-state index in [1.165, 1.54) is 6.33 Å². The van der Waals surface area contributed by atoms with Gasteiger partial charge in [0.15, 0.2) is 0 Å². The molecule has 1 rings (SSSR count). The van der Waals surface area contributed by atoms with Crippen molar-refractivity contribution in [2.45, 2.75) is 20.0 Å². The molecule has 15 heavy (non-hydrogen) atoms. The minimum atomic E-state index is 0.256. The van der Waals surface area contributed by atoms with E-state index >= 15 is 0 Å². The van der Waals surface area contributed by atoms with E-state index in [2.05, 4.69) is 15.3 Å². The standard InChI is InChI=1S/C10H17N3O2/c1-8(2)15-5-4-11-9-6-10(14-3)13-7-12-9/h6-8H,4-5H2,1-3H3,(H,11,12,13). The van der Waals surface area contributed by atoms with Crippen LogP contribution in [0.3, 0.4) is 0 Å². The van der Waals surface area contributed by atoms with Crippen LogP contribution >= 0.6 is 0 Å². The van der Waals surface area contributed by atoms with E-state index < -0.39 is 0 Å². The smallest absolute Gasteiger partial charge is 0.218 e. The fraction of sp³-hybridized carbons (Fsp3) is 0.600. The normalized spacial score (nSPS) is 10.4. The molecular weight excluding hydrogens is 194 g/mol. The Hall–Kier alpha value is -1.36. The molecule has 1 heterocycles. The Kier molecular flexibility index (Phi) is 4.83. The average Bonchev–Trinajstić information content (AvgIpc) is 2.24. The van der Waals surface area contributed by atoms with Gasteiger partial charge in [-0.1, -0.05) is 0 Å². The first-order valence-corrected chi connectivity index (χ1v) is 4.94. The van der Waals surface area contributed by atoms with Gasteiger partial charge in [-0.05, 0) is 13.8 Å². The van der Waals surface area contributed by atoms with Gasteiger partial charge in [0.05, 0.1) is 19.8 Å². The molecule has 5 nitrogen and oxygen atoms in total. The minimum absolute atomic E-state index is 0.256. The third-order valence-corrected chi connectivity index (χ3v) is 1.71. The zero-order chi connectivity index (χ0) is 11.1. The molecule has 0 bridgehead atoms. The van der Waals surface area contributed by atoms with Crippen LogP contribution < -0.4 is 10.1 Å². The van der Waals surface area contributed by atoms with Crippen LogP contribution in [0, 0.1) is 0 Å². The molecule has 0 aliphatic rings. The van der Waals surface area contributed by atoms with Gasteiger partial charge in [0.2, 0.25) is 5.88 Å². The van der Waals surface area contributed by atoms with E-state index in [1.807, 2.05) is 13.8 Å². The van der Waals surface area contributed by atoms with Crippen LogP contribution in [-0.2, 0) is 4.74 Å². The monoisotopic (exact) mass is 211 g/mol. The first-order chi connectivity index (χ1) is 7.22. The molecule has 0 spiro atoms. The molecular formula is C10H17N3O2. The van der Waals surface area contributed by atoms with Crippen LogP contribution in [0.1, 0.15) is 13.8 Å². The van der Waals surface area contributed by atoms with E-state index in [9.17, 15) is 0 Å². The summed E-state index contributed by atoms with van der Waals surface area (Å²) in [6, 6.07) is 1.75. The molecule has 0 atom stereocenters. The van der Waals surface area contributed by atoms with Crippen molar-refractivity contribution in [2.75, 3.05) is 25.6 Å². The first-order valence-electron chi connectivity index (χ1n) is 4.94. The van der Waals surface area contributed by atoms with Gasteiger partial charge in [-0.25, -0.2) is 9.97 Å². The summed E-state index contributed by atoms with van der Waals surface area (Å²) in [6.45, 7) is 5.39. The predicted octanol–water partition coefficient (Wildman–Crippen LogP) is 1.32. The van der Waals surface area contributed by atoms with Crippen molar-refractivity contribution in [2.24, 2.45) is 0 Å². The topological polar surface area (TPSA) is 56.3 Å². The van der Waals surface area contributed by atoms with Crippen LogP contribution in [-0.4, -0.2) is 36.3 Å². The van der Waals surface area contributed by atoms with Crippen molar-refractivity contribution < 1.29 is 9.47 Å². The summed E-state index contributed by atoms with van der Waals surface area (Å²) in [5.74, 6) is 1.30. The summed E-state index contributed by atoms with van der Waals surface area (Å²) >= 11 is 0. The molecule has 0 aliphatic carbocycles. The highest BCUT2D eigenvalue weighted by molar-refractivity contribution is 5.36. The molecule has 1 aromatic rings. The number of methoxy groups -OCH3 is 1. The largest absolute Gasteiger partial charge is 0.481 e. The van der Waals surface area contributed by atoms with E-state index in [0.29, 0.717) is 12.5 Å². The molecule has 0 aromatic carbocycles. The van der Waals surface area contributed by atoms with Gasteiger partial charge in [0, 0.05) is 12.6 Å². The lowest BCUT2D eigenvalue weighted by molar-refractivity contribution is 0.0870. The van der Waals surface area contributed by atoms with E-state index in [1.54, 1.807) is 13.2 Å². The Balaban J connectivity index is 2.30. The van der Waals surface area contributed by atoms with Crippen LogP contribution in [0.5, 0.6) is 5.88 Å². The van der Waals surface area contributed by atoms with Gasteiger partial charge in [-0.15, -0.1) is 0 Å². The van der Waals surface area contributed by atoms with Crippen LogP contribution in [0.4, 0.5) is 5.82 Å². The second-order valence-corrected chi connectivity index (χ2v) is 3.29. The Morgan fingerprint density at radius 3 is 2.87 bits per heavy atom. The predicted molar refractivity (Wildman–Crippen MR) is 58.2 cm³/mol. The Bertz CT molecular complexity index is 292. The first kappa shape index (κ1) is 11.7. The van der Waals surface area contributed by atoms with Crippen molar-refractivity contribution in [1.82, 2.24) is 9.97 Å².